The molecule has 15 nitrogen and oxygen atoms in total. The first-order valence-corrected chi connectivity index (χ1v) is 25.8. The SMILES string of the molecule is CCCCC/C=C/C/C=C/C/C=C/C/C=C/C/C=C/CCC(=O)OC[C@@H](CO[C@@H]1O[C@H](CO[C@@H]2O[C@H](CO)[C@H](O)C(O)C2O)[C@H](O)C(O)C1O)OC(=O)CCCC/C=C/C/C=C/C/C=C/CCCCC. The van der Waals surface area contributed by atoms with Crippen LogP contribution in [0, 0.1) is 0 Å². The zero-order valence-electron chi connectivity index (χ0n) is 42.0. The van der Waals surface area contributed by atoms with Gasteiger partial charge in [0.15, 0.2) is 18.7 Å². The molecule has 2 saturated heterocycles. The molecule has 0 spiro atoms. The minimum atomic E-state index is -1.79. The van der Waals surface area contributed by atoms with Crippen LogP contribution in [0.15, 0.2) is 97.2 Å². The van der Waals surface area contributed by atoms with Gasteiger partial charge in [-0.1, -0.05) is 137 Å². The third kappa shape index (κ3) is 28.5. The summed E-state index contributed by atoms with van der Waals surface area (Å²) in [6, 6.07) is 0. The lowest BCUT2D eigenvalue weighted by Crippen LogP contribution is -2.61. The van der Waals surface area contributed by atoms with E-state index in [0.717, 1.165) is 64.2 Å². The minimum Gasteiger partial charge on any atom is -0.462 e. The summed E-state index contributed by atoms with van der Waals surface area (Å²) in [7, 11) is 0. The Morgan fingerprint density at radius 2 is 0.871 bits per heavy atom. The molecule has 0 saturated carbocycles. The highest BCUT2D eigenvalue weighted by Gasteiger charge is 2.47. The molecule has 70 heavy (non-hydrogen) atoms. The second kappa shape index (κ2) is 41.0. The van der Waals surface area contributed by atoms with E-state index in [1.807, 2.05) is 12.2 Å². The highest BCUT2D eigenvalue weighted by molar-refractivity contribution is 5.70. The molecule has 0 aromatic carbocycles. The van der Waals surface area contributed by atoms with Crippen molar-refractivity contribution in [1.82, 2.24) is 0 Å². The Balaban J connectivity index is 1.86. The molecule has 2 rings (SSSR count). The average Bonchev–Trinajstić information content (AvgIpc) is 3.35. The lowest BCUT2D eigenvalue weighted by Gasteiger charge is -2.42. The zero-order chi connectivity index (χ0) is 51.0. The van der Waals surface area contributed by atoms with E-state index in [1.165, 1.54) is 38.5 Å². The average molecular weight is 989 g/mol. The van der Waals surface area contributed by atoms with Crippen molar-refractivity contribution in [3.63, 3.8) is 0 Å². The van der Waals surface area contributed by atoms with E-state index < -0.39 is 99.3 Å². The summed E-state index contributed by atoms with van der Waals surface area (Å²) in [5, 5.41) is 72.1. The number of aliphatic hydroxyl groups excluding tert-OH is 7. The molecule has 11 atom stereocenters. The van der Waals surface area contributed by atoms with E-state index in [0.29, 0.717) is 12.8 Å². The van der Waals surface area contributed by atoms with Crippen LogP contribution in [-0.4, -0.2) is 142 Å². The van der Waals surface area contributed by atoms with Gasteiger partial charge in [-0.2, -0.15) is 0 Å². The minimum absolute atomic E-state index is 0.0801. The van der Waals surface area contributed by atoms with Gasteiger partial charge in [-0.15, -0.1) is 0 Å². The summed E-state index contributed by atoms with van der Waals surface area (Å²) in [5.41, 5.74) is 0. The van der Waals surface area contributed by atoms with Crippen LogP contribution in [-0.2, 0) is 38.0 Å². The Kier molecular flexibility index (Phi) is 36.6. The molecule has 0 aromatic rings. The highest BCUT2D eigenvalue weighted by Crippen LogP contribution is 2.26. The van der Waals surface area contributed by atoms with Gasteiger partial charge in [0.05, 0.1) is 19.8 Å². The van der Waals surface area contributed by atoms with E-state index in [4.69, 9.17) is 28.4 Å². The first kappa shape index (κ1) is 62.5. The number of rotatable bonds is 38. The third-order valence-electron chi connectivity index (χ3n) is 11.5. The second-order valence-electron chi connectivity index (χ2n) is 17.6. The fourth-order valence-corrected chi connectivity index (χ4v) is 7.26. The number of unbranched alkanes of at least 4 members (excludes halogenated alkanes) is 8. The van der Waals surface area contributed by atoms with E-state index in [9.17, 15) is 45.3 Å². The molecule has 0 bridgehead atoms. The van der Waals surface area contributed by atoms with Crippen LogP contribution in [0.3, 0.4) is 0 Å². The topological polar surface area (TPSA) is 231 Å². The first-order valence-electron chi connectivity index (χ1n) is 25.8. The van der Waals surface area contributed by atoms with Gasteiger partial charge in [-0.05, 0) is 89.9 Å². The van der Waals surface area contributed by atoms with E-state index in [1.54, 1.807) is 0 Å². The molecular formula is C55H88O15. The van der Waals surface area contributed by atoms with Gasteiger partial charge >= 0.3 is 11.9 Å². The summed E-state index contributed by atoms with van der Waals surface area (Å²) in [6.45, 7) is 2.39. The fourth-order valence-electron chi connectivity index (χ4n) is 7.26. The van der Waals surface area contributed by atoms with Crippen molar-refractivity contribution in [3.05, 3.63) is 97.2 Å². The molecule has 2 aliphatic heterocycles. The monoisotopic (exact) mass is 989 g/mol. The predicted octanol–water partition coefficient (Wildman–Crippen LogP) is 7.37. The van der Waals surface area contributed by atoms with Gasteiger partial charge in [0.1, 0.15) is 55.4 Å². The van der Waals surface area contributed by atoms with Gasteiger partial charge in [0.25, 0.3) is 0 Å². The predicted molar refractivity (Wildman–Crippen MR) is 270 cm³/mol. The molecule has 15 heteroatoms. The lowest BCUT2D eigenvalue weighted by molar-refractivity contribution is -0.332. The molecular weight excluding hydrogens is 901 g/mol. The first-order chi connectivity index (χ1) is 34.0. The largest absolute Gasteiger partial charge is 0.462 e. The zero-order valence-corrected chi connectivity index (χ0v) is 42.0. The van der Waals surface area contributed by atoms with E-state index in [-0.39, 0.29) is 19.4 Å². The molecule has 0 aromatic heterocycles. The van der Waals surface area contributed by atoms with E-state index in [2.05, 4.69) is 98.9 Å². The Morgan fingerprint density at radius 1 is 0.457 bits per heavy atom. The van der Waals surface area contributed by atoms with E-state index >= 15 is 0 Å². The summed E-state index contributed by atoms with van der Waals surface area (Å²) < 4.78 is 33.4. The number of carbonyl (C=O) groups excluding carboxylic acids is 2. The summed E-state index contributed by atoms with van der Waals surface area (Å²) >= 11 is 0. The molecule has 0 amide bonds. The van der Waals surface area contributed by atoms with Crippen molar-refractivity contribution in [2.24, 2.45) is 0 Å². The maximum Gasteiger partial charge on any atom is 0.306 e. The number of hydrogen-bond acceptors (Lipinski definition) is 15. The molecule has 0 aliphatic carbocycles. The number of aliphatic hydroxyl groups is 7. The molecule has 2 aliphatic rings. The standard InChI is InChI=1S/C55H88O15/c1-3-5-7-9-11-13-15-17-19-20-21-22-24-25-27-29-31-33-35-37-46(57)65-40-43(68-47(58)38-36-34-32-30-28-26-23-18-16-14-12-10-8-6-4-2)41-66-54-53(64)51(62)49(60)45(70-54)42-67-55-52(63)50(61)48(59)44(39-56)69-55/h11-14,17-19,21-23,25,27-28,30-31,33,43-45,48-56,59-64H,3-10,15-16,20,24,26,29,32,34-42H2,1-2H3/b13-11+,14-12+,19-17+,22-21+,23-18+,27-25+,30-28+,33-31+/t43-,44+,45+,48-,49-,50?,51?,52?,53?,54+,55+/m0/s1. The molecule has 2 heterocycles. The summed E-state index contributed by atoms with van der Waals surface area (Å²) in [5.74, 6) is -1.08. The van der Waals surface area contributed by atoms with Crippen molar-refractivity contribution in [1.29, 1.82) is 0 Å². The lowest BCUT2D eigenvalue weighted by atomic mass is 9.98. The van der Waals surface area contributed by atoms with Crippen LogP contribution in [0.25, 0.3) is 0 Å². The molecule has 398 valence electrons. The quantitative estimate of drug-likeness (QED) is 0.0182. The number of esters is 2. The Labute approximate surface area is 417 Å². The number of carbonyl (C=O) groups is 2. The normalized spacial score (nSPS) is 26.2. The Morgan fingerprint density at radius 3 is 1.34 bits per heavy atom. The van der Waals surface area contributed by atoms with Crippen LogP contribution in [0.4, 0.5) is 0 Å². The van der Waals surface area contributed by atoms with Gasteiger partial charge in [-0.3, -0.25) is 9.59 Å². The number of allylic oxidation sites excluding steroid dienone is 16. The van der Waals surface area contributed by atoms with Crippen molar-refractivity contribution in [3.8, 4) is 0 Å². The maximum absolute atomic E-state index is 13.0. The number of hydrogen-bond donors (Lipinski definition) is 7. The van der Waals surface area contributed by atoms with Crippen molar-refractivity contribution in [2.45, 2.75) is 210 Å². The Hall–Kier alpha value is -3.58. The molecule has 4 unspecified atom stereocenters. The van der Waals surface area contributed by atoms with Crippen LogP contribution in [0.5, 0.6) is 0 Å². The fraction of sp³-hybridized carbons (Fsp3) is 0.673. The molecule has 2 fully saturated rings. The van der Waals surface area contributed by atoms with Crippen molar-refractivity contribution >= 4 is 11.9 Å². The second-order valence-corrected chi connectivity index (χ2v) is 17.6. The van der Waals surface area contributed by atoms with Crippen LogP contribution < -0.4 is 0 Å². The van der Waals surface area contributed by atoms with Crippen molar-refractivity contribution in [2.75, 3.05) is 26.4 Å². The maximum atomic E-state index is 13.0. The third-order valence-corrected chi connectivity index (χ3v) is 11.5. The van der Waals surface area contributed by atoms with Crippen LogP contribution in [0.1, 0.15) is 142 Å². The summed E-state index contributed by atoms with van der Waals surface area (Å²) in [4.78, 5) is 25.7. The summed E-state index contributed by atoms with van der Waals surface area (Å²) in [6.07, 6.45) is 34.5. The van der Waals surface area contributed by atoms with Gasteiger partial charge in [0, 0.05) is 12.8 Å². The van der Waals surface area contributed by atoms with Crippen LogP contribution in [0.2, 0.25) is 0 Å². The Bertz CT molecular complexity index is 1580. The smallest absolute Gasteiger partial charge is 0.306 e. The molecule has 0 radical (unpaired) electrons. The number of ether oxygens (including phenoxy) is 6. The van der Waals surface area contributed by atoms with Crippen LogP contribution >= 0.6 is 0 Å². The highest BCUT2D eigenvalue weighted by atomic mass is 16.7. The van der Waals surface area contributed by atoms with Gasteiger partial charge in [-0.25, -0.2) is 0 Å². The van der Waals surface area contributed by atoms with Crippen molar-refractivity contribution < 1.29 is 73.8 Å². The molecule has 7 N–H and O–H groups in total. The van der Waals surface area contributed by atoms with Gasteiger partial charge in [0.2, 0.25) is 0 Å². The van der Waals surface area contributed by atoms with Gasteiger partial charge < -0.3 is 64.2 Å².